The van der Waals surface area contributed by atoms with Gasteiger partial charge in [0.2, 0.25) is 0 Å². The van der Waals surface area contributed by atoms with Crippen LogP contribution in [0.15, 0.2) is 72.8 Å². The Morgan fingerprint density at radius 1 is 0.862 bits per heavy atom. The maximum atomic E-state index is 12.1. The average molecular weight is 400 g/mol. The number of hydrogen-bond acceptors (Lipinski definition) is 2. The predicted molar refractivity (Wildman–Crippen MR) is 114 cm³/mol. The molecule has 3 aliphatic rings. The van der Waals surface area contributed by atoms with Gasteiger partial charge < -0.3 is 9.79 Å². The summed E-state index contributed by atoms with van der Waals surface area (Å²) in [4.78, 5) is 19.7. The van der Waals surface area contributed by atoms with Crippen LogP contribution < -0.4 is 0 Å². The van der Waals surface area contributed by atoms with Crippen molar-refractivity contribution in [3.63, 3.8) is 0 Å². The summed E-state index contributed by atoms with van der Waals surface area (Å²) in [6, 6.07) is 24.3. The van der Waals surface area contributed by atoms with Gasteiger partial charge in [-0.05, 0) is 55.9 Å². The second-order valence-electron chi connectivity index (χ2n) is 7.78. The minimum atomic E-state index is -4.77. The average Bonchev–Trinajstić information content (AvgIpc) is 2.87. The molecule has 0 saturated carbocycles. The summed E-state index contributed by atoms with van der Waals surface area (Å²) in [5, 5.41) is 4.18. The van der Waals surface area contributed by atoms with Gasteiger partial charge in [0.15, 0.2) is 0 Å². The summed E-state index contributed by atoms with van der Waals surface area (Å²) in [6.45, 7) is 0. The number of phosphoric ester groups is 1. The van der Waals surface area contributed by atoms with Crippen LogP contribution in [0.1, 0.15) is 28.7 Å². The number of hydrogen-bond donors (Lipinski definition) is 2. The lowest BCUT2D eigenvalue weighted by Gasteiger charge is -2.38. The molecule has 4 bridgehead atoms. The molecule has 29 heavy (non-hydrogen) atoms. The predicted octanol–water partition coefficient (Wildman–Crippen LogP) is 5.60. The van der Waals surface area contributed by atoms with E-state index in [9.17, 15) is 14.4 Å². The summed E-state index contributed by atoms with van der Waals surface area (Å²) in [5.74, 6) is 0. The first-order chi connectivity index (χ1) is 13.9. The Bertz CT molecular complexity index is 1400. The molecule has 4 nitrogen and oxygen atoms in total. The number of rotatable bonds is 2. The molecule has 0 fully saturated rings. The fraction of sp³-hybridized carbons (Fsp3) is 0.0833. The monoisotopic (exact) mass is 400 g/mol. The molecule has 0 spiro atoms. The van der Waals surface area contributed by atoms with E-state index in [2.05, 4.69) is 36.4 Å². The zero-order valence-electron chi connectivity index (χ0n) is 15.4. The molecule has 3 aliphatic carbocycles. The Morgan fingerprint density at radius 2 is 1.59 bits per heavy atom. The van der Waals surface area contributed by atoms with Gasteiger partial charge in [-0.15, -0.1) is 0 Å². The Labute approximate surface area is 167 Å². The maximum Gasteiger partial charge on any atom is 0.470 e. The van der Waals surface area contributed by atoms with Gasteiger partial charge in [-0.25, -0.2) is 4.57 Å². The van der Waals surface area contributed by atoms with Crippen molar-refractivity contribution in [3.8, 4) is 0 Å². The third-order valence-corrected chi connectivity index (χ3v) is 6.64. The van der Waals surface area contributed by atoms with E-state index in [4.69, 9.17) is 4.52 Å². The van der Waals surface area contributed by atoms with Gasteiger partial charge in [-0.1, -0.05) is 66.7 Å². The molecular weight excluding hydrogens is 383 g/mol. The highest BCUT2D eigenvalue weighted by Gasteiger charge is 2.47. The van der Waals surface area contributed by atoms with E-state index in [1.165, 1.54) is 0 Å². The van der Waals surface area contributed by atoms with Crippen LogP contribution in [-0.2, 0) is 14.7 Å². The molecule has 142 valence electrons. The lowest BCUT2D eigenvalue weighted by atomic mass is 9.74. The molecule has 1 atom stereocenters. The van der Waals surface area contributed by atoms with Crippen LogP contribution in [0.4, 0.5) is 0 Å². The largest absolute Gasteiger partial charge is 0.470 e. The molecule has 0 radical (unpaired) electrons. The summed E-state index contributed by atoms with van der Waals surface area (Å²) in [7, 11) is -4.77. The third kappa shape index (κ3) is 2.48. The standard InChI is InChI=1S/C24H17O4P/c25-29(26,27)28-24-14-20(15-7-9-21(24)10-8-15)12-19-6-5-18-11-16-3-1-2-4-17(16)13-22(18)23(19)24/h1-13H,14H2,(H2,25,26,27). The van der Waals surface area contributed by atoms with E-state index < -0.39 is 13.4 Å². The van der Waals surface area contributed by atoms with Crippen molar-refractivity contribution in [1.29, 1.82) is 0 Å². The van der Waals surface area contributed by atoms with Crippen molar-refractivity contribution in [2.24, 2.45) is 0 Å². The molecule has 7 rings (SSSR count). The Balaban J connectivity index is 1.78. The molecule has 0 heterocycles. The van der Waals surface area contributed by atoms with Crippen LogP contribution in [0.25, 0.3) is 33.2 Å². The maximum absolute atomic E-state index is 12.1. The molecule has 1 unspecified atom stereocenters. The first-order valence-electron chi connectivity index (χ1n) is 9.47. The molecule has 0 aliphatic heterocycles. The second kappa shape index (κ2) is 5.65. The summed E-state index contributed by atoms with van der Waals surface area (Å²) in [6.07, 6.45) is 2.51. The van der Waals surface area contributed by atoms with Crippen molar-refractivity contribution < 1.29 is 18.9 Å². The zero-order chi connectivity index (χ0) is 19.8. The van der Waals surface area contributed by atoms with Gasteiger partial charge in [0.05, 0.1) is 0 Å². The van der Waals surface area contributed by atoms with Gasteiger partial charge in [-0.2, -0.15) is 0 Å². The molecule has 4 aromatic carbocycles. The van der Waals surface area contributed by atoms with Crippen LogP contribution in [-0.4, -0.2) is 9.79 Å². The van der Waals surface area contributed by atoms with Gasteiger partial charge in [0, 0.05) is 12.0 Å². The minimum Gasteiger partial charge on any atom is -0.303 e. The highest BCUT2D eigenvalue weighted by atomic mass is 31.2. The Morgan fingerprint density at radius 3 is 2.31 bits per heavy atom. The number of benzene rings is 4. The number of fused-ring (bicyclic) bond motifs is 6. The topological polar surface area (TPSA) is 66.8 Å². The van der Waals surface area contributed by atoms with Crippen molar-refractivity contribution in [1.82, 2.24) is 0 Å². The van der Waals surface area contributed by atoms with Crippen LogP contribution in [0.5, 0.6) is 0 Å². The minimum absolute atomic E-state index is 0.391. The molecular formula is C24H17O4P. The van der Waals surface area contributed by atoms with E-state index in [0.717, 1.165) is 49.4 Å². The van der Waals surface area contributed by atoms with E-state index in [1.807, 2.05) is 42.5 Å². The van der Waals surface area contributed by atoms with Crippen LogP contribution in [0.3, 0.4) is 0 Å². The summed E-state index contributed by atoms with van der Waals surface area (Å²) >= 11 is 0. The lowest BCUT2D eigenvalue weighted by molar-refractivity contribution is 0.0703. The smallest absolute Gasteiger partial charge is 0.303 e. The van der Waals surface area contributed by atoms with Gasteiger partial charge in [0.25, 0.3) is 0 Å². The molecule has 0 aromatic heterocycles. The molecule has 5 heteroatoms. The highest BCUT2D eigenvalue weighted by molar-refractivity contribution is 7.46. The highest BCUT2D eigenvalue weighted by Crippen LogP contribution is 2.58. The van der Waals surface area contributed by atoms with E-state index in [1.54, 1.807) is 0 Å². The van der Waals surface area contributed by atoms with Gasteiger partial charge in [0.1, 0.15) is 5.60 Å². The van der Waals surface area contributed by atoms with Crippen LogP contribution >= 0.6 is 7.82 Å². The summed E-state index contributed by atoms with van der Waals surface area (Å²) in [5.41, 5.74) is 3.35. The molecule has 2 N–H and O–H groups in total. The van der Waals surface area contributed by atoms with Crippen molar-refractivity contribution >= 4 is 41.0 Å². The first kappa shape index (κ1) is 17.1. The normalized spacial score (nSPS) is 19.9. The van der Waals surface area contributed by atoms with E-state index in [-0.39, 0.29) is 0 Å². The van der Waals surface area contributed by atoms with Crippen LogP contribution in [0.2, 0.25) is 0 Å². The first-order valence-corrected chi connectivity index (χ1v) is 11.0. The van der Waals surface area contributed by atoms with Crippen molar-refractivity contribution in [3.05, 3.63) is 95.1 Å². The number of phosphoric acid groups is 1. The molecule has 0 saturated heterocycles. The molecule has 4 aromatic rings. The van der Waals surface area contributed by atoms with E-state index in [0.29, 0.717) is 6.42 Å². The van der Waals surface area contributed by atoms with Crippen LogP contribution in [0, 0.1) is 0 Å². The van der Waals surface area contributed by atoms with Gasteiger partial charge in [-0.3, -0.25) is 4.52 Å². The quantitative estimate of drug-likeness (QED) is 0.339. The molecule has 0 amide bonds. The second-order valence-corrected chi connectivity index (χ2v) is 8.95. The van der Waals surface area contributed by atoms with Crippen molar-refractivity contribution in [2.45, 2.75) is 12.0 Å². The van der Waals surface area contributed by atoms with Crippen molar-refractivity contribution in [2.75, 3.05) is 0 Å². The SMILES string of the molecule is O=P(O)(O)OC12CC(=Cc3ccc4cc5ccccc5cc4c31)c1ccc2cc1. The Hall–Kier alpha value is -2.75. The Kier molecular flexibility index (Phi) is 3.34. The lowest BCUT2D eigenvalue weighted by Crippen LogP contribution is -2.32. The van der Waals surface area contributed by atoms with Gasteiger partial charge >= 0.3 is 7.82 Å². The zero-order valence-corrected chi connectivity index (χ0v) is 16.3. The fourth-order valence-corrected chi connectivity index (χ4v) is 5.58. The summed E-state index contributed by atoms with van der Waals surface area (Å²) < 4.78 is 17.8. The third-order valence-electron chi connectivity index (χ3n) is 6.09. The fourth-order valence-electron chi connectivity index (χ4n) is 4.92. The van der Waals surface area contributed by atoms with E-state index >= 15 is 0 Å².